The molecule has 0 fully saturated rings. The van der Waals surface area contributed by atoms with Crippen molar-refractivity contribution in [3.63, 3.8) is 0 Å². The van der Waals surface area contributed by atoms with Gasteiger partial charge in [0.25, 0.3) is 11.6 Å². The number of thiocarbonyl (C=S) groups is 1. The molecule has 1 amide bonds. The van der Waals surface area contributed by atoms with Gasteiger partial charge < -0.3 is 14.5 Å². The number of nitro benzene ring substituents is 1. The maximum atomic E-state index is 12.4. The second-order valence-corrected chi connectivity index (χ2v) is 7.09. The summed E-state index contributed by atoms with van der Waals surface area (Å²) in [6.07, 6.45) is 0. The number of carbonyl (C=O) groups excluding carboxylic acids is 1. The smallest absolute Gasteiger partial charge is 0.293 e. The number of halogens is 2. The van der Waals surface area contributed by atoms with Crippen molar-refractivity contribution in [2.45, 2.75) is 0 Å². The SMILES string of the molecule is COc1ccc([N+](=O)[O-])cc1NC(=S)NC(=O)c1ccc(-c2ccc(Cl)cc2Cl)o1. The molecule has 2 aromatic carbocycles. The standard InChI is InChI=1S/C19H13Cl2N3O5S/c1-28-16-5-3-11(24(26)27)9-14(16)22-19(30)23-18(25)17-7-6-15(29-17)12-4-2-10(20)8-13(12)21/h2-9H,1H3,(H2,22,23,25,30). The number of amides is 1. The molecule has 0 bridgehead atoms. The third kappa shape index (κ3) is 4.88. The maximum Gasteiger partial charge on any atom is 0.293 e. The highest BCUT2D eigenvalue weighted by atomic mass is 35.5. The van der Waals surface area contributed by atoms with Crippen molar-refractivity contribution in [3.8, 4) is 17.1 Å². The van der Waals surface area contributed by atoms with E-state index >= 15 is 0 Å². The number of ether oxygens (including phenoxy) is 1. The first kappa shape index (κ1) is 21.6. The van der Waals surface area contributed by atoms with Crippen molar-refractivity contribution < 1.29 is 18.9 Å². The first-order valence-corrected chi connectivity index (χ1v) is 9.45. The van der Waals surface area contributed by atoms with Gasteiger partial charge in [-0.2, -0.15) is 0 Å². The number of nitrogens with one attached hydrogen (secondary N) is 2. The van der Waals surface area contributed by atoms with E-state index in [1.54, 1.807) is 24.3 Å². The van der Waals surface area contributed by atoms with Crippen molar-refractivity contribution >= 4 is 57.8 Å². The number of carbonyl (C=O) groups is 1. The number of rotatable bonds is 5. The molecule has 0 aliphatic rings. The number of hydrogen-bond acceptors (Lipinski definition) is 6. The molecule has 0 saturated heterocycles. The molecule has 0 radical (unpaired) electrons. The Labute approximate surface area is 185 Å². The molecule has 8 nitrogen and oxygen atoms in total. The molecule has 0 atom stereocenters. The van der Waals surface area contributed by atoms with Gasteiger partial charge in [-0.15, -0.1) is 0 Å². The van der Waals surface area contributed by atoms with Crippen LogP contribution in [0.3, 0.4) is 0 Å². The van der Waals surface area contributed by atoms with Gasteiger partial charge in [0, 0.05) is 22.7 Å². The molecular formula is C19H13Cl2N3O5S. The Morgan fingerprint density at radius 1 is 1.17 bits per heavy atom. The predicted octanol–water partition coefficient (Wildman–Crippen LogP) is 5.30. The molecular weight excluding hydrogens is 453 g/mol. The minimum atomic E-state index is -0.617. The Kier molecular flexibility index (Phi) is 6.56. The Bertz CT molecular complexity index is 1150. The third-order valence-electron chi connectivity index (χ3n) is 3.90. The molecule has 0 aliphatic heterocycles. The van der Waals surface area contributed by atoms with Crippen LogP contribution in [-0.4, -0.2) is 23.1 Å². The molecule has 1 heterocycles. The number of nitrogens with zero attached hydrogens (tertiary/aromatic N) is 1. The number of non-ortho nitro benzene ring substituents is 1. The quantitative estimate of drug-likeness (QED) is 0.299. The van der Waals surface area contributed by atoms with Gasteiger partial charge in [0.2, 0.25) is 0 Å². The minimum Gasteiger partial charge on any atom is -0.495 e. The first-order chi connectivity index (χ1) is 14.3. The molecule has 0 saturated carbocycles. The summed E-state index contributed by atoms with van der Waals surface area (Å²) < 4.78 is 10.7. The summed E-state index contributed by atoms with van der Waals surface area (Å²) in [6, 6.07) is 11.9. The fourth-order valence-corrected chi connectivity index (χ4v) is 3.22. The van der Waals surface area contributed by atoms with Crippen molar-refractivity contribution in [1.29, 1.82) is 0 Å². The van der Waals surface area contributed by atoms with Gasteiger partial charge in [0.15, 0.2) is 10.9 Å². The molecule has 0 unspecified atom stereocenters. The summed E-state index contributed by atoms with van der Waals surface area (Å²) in [4.78, 5) is 22.8. The predicted molar refractivity (Wildman–Crippen MR) is 117 cm³/mol. The van der Waals surface area contributed by atoms with E-state index in [4.69, 9.17) is 44.6 Å². The average molecular weight is 466 g/mol. The van der Waals surface area contributed by atoms with Gasteiger partial charge in [-0.25, -0.2) is 0 Å². The lowest BCUT2D eigenvalue weighted by atomic mass is 10.2. The van der Waals surface area contributed by atoms with Crippen LogP contribution in [0, 0.1) is 10.1 Å². The van der Waals surface area contributed by atoms with Crippen LogP contribution in [0.2, 0.25) is 10.0 Å². The van der Waals surface area contributed by atoms with Crippen LogP contribution < -0.4 is 15.4 Å². The van der Waals surface area contributed by atoms with E-state index < -0.39 is 10.8 Å². The number of anilines is 1. The molecule has 0 spiro atoms. The molecule has 3 aromatic rings. The summed E-state index contributed by atoms with van der Waals surface area (Å²) in [5, 5.41) is 16.9. The Balaban J connectivity index is 1.72. The second-order valence-electron chi connectivity index (χ2n) is 5.84. The average Bonchev–Trinajstić information content (AvgIpc) is 3.17. The number of hydrogen-bond donors (Lipinski definition) is 2. The van der Waals surface area contributed by atoms with E-state index in [1.165, 1.54) is 31.4 Å². The fourth-order valence-electron chi connectivity index (χ4n) is 2.52. The molecule has 30 heavy (non-hydrogen) atoms. The normalized spacial score (nSPS) is 10.4. The first-order valence-electron chi connectivity index (χ1n) is 8.28. The minimum absolute atomic E-state index is 0.00817. The number of furan rings is 1. The van der Waals surface area contributed by atoms with E-state index in [2.05, 4.69) is 10.6 Å². The van der Waals surface area contributed by atoms with Crippen molar-refractivity contribution in [2.75, 3.05) is 12.4 Å². The van der Waals surface area contributed by atoms with E-state index in [-0.39, 0.29) is 22.2 Å². The molecule has 0 aliphatic carbocycles. The molecule has 11 heteroatoms. The zero-order valence-corrected chi connectivity index (χ0v) is 17.6. The topological polar surface area (TPSA) is 107 Å². The van der Waals surface area contributed by atoms with E-state index in [1.807, 2.05) is 0 Å². The third-order valence-corrected chi connectivity index (χ3v) is 4.65. The summed E-state index contributed by atoms with van der Waals surface area (Å²) in [5.41, 5.74) is 0.634. The number of benzene rings is 2. The maximum absolute atomic E-state index is 12.4. The van der Waals surface area contributed by atoms with Crippen molar-refractivity contribution in [1.82, 2.24) is 5.32 Å². The van der Waals surface area contributed by atoms with Gasteiger partial charge >= 0.3 is 0 Å². The van der Waals surface area contributed by atoms with Gasteiger partial charge in [-0.1, -0.05) is 23.2 Å². The van der Waals surface area contributed by atoms with Crippen molar-refractivity contribution in [2.24, 2.45) is 0 Å². The van der Waals surface area contributed by atoms with E-state index in [0.29, 0.717) is 27.1 Å². The van der Waals surface area contributed by atoms with Crippen LogP contribution in [0.15, 0.2) is 52.9 Å². The lowest BCUT2D eigenvalue weighted by molar-refractivity contribution is -0.384. The Hall–Kier alpha value is -3.14. The lowest BCUT2D eigenvalue weighted by Crippen LogP contribution is -2.34. The summed E-state index contributed by atoms with van der Waals surface area (Å²) >= 11 is 17.2. The Morgan fingerprint density at radius 3 is 2.60 bits per heavy atom. The van der Waals surface area contributed by atoms with E-state index in [9.17, 15) is 14.9 Å². The van der Waals surface area contributed by atoms with E-state index in [0.717, 1.165) is 0 Å². The van der Waals surface area contributed by atoms with Crippen LogP contribution in [0.4, 0.5) is 11.4 Å². The lowest BCUT2D eigenvalue weighted by Gasteiger charge is -2.12. The molecule has 154 valence electrons. The highest BCUT2D eigenvalue weighted by Crippen LogP contribution is 2.32. The highest BCUT2D eigenvalue weighted by molar-refractivity contribution is 7.80. The number of methoxy groups -OCH3 is 1. The molecule has 2 N–H and O–H groups in total. The summed E-state index contributed by atoms with van der Waals surface area (Å²) in [7, 11) is 1.40. The van der Waals surface area contributed by atoms with Crippen LogP contribution >= 0.6 is 35.4 Å². The highest BCUT2D eigenvalue weighted by Gasteiger charge is 2.17. The zero-order chi connectivity index (χ0) is 21.8. The van der Waals surface area contributed by atoms with Crippen molar-refractivity contribution in [3.05, 3.63) is 74.5 Å². The van der Waals surface area contributed by atoms with Gasteiger partial charge in [-0.05, 0) is 48.6 Å². The monoisotopic (exact) mass is 465 g/mol. The largest absolute Gasteiger partial charge is 0.495 e. The molecule has 3 rings (SSSR count). The van der Waals surface area contributed by atoms with Crippen LogP contribution in [0.5, 0.6) is 5.75 Å². The molecule has 1 aromatic heterocycles. The summed E-state index contributed by atoms with van der Waals surface area (Å²) in [6.45, 7) is 0. The zero-order valence-electron chi connectivity index (χ0n) is 15.3. The number of nitro groups is 1. The van der Waals surface area contributed by atoms with Crippen LogP contribution in [-0.2, 0) is 0 Å². The summed E-state index contributed by atoms with van der Waals surface area (Å²) in [5.74, 6) is 0.0651. The van der Waals surface area contributed by atoms with Gasteiger partial charge in [-0.3, -0.25) is 20.2 Å². The van der Waals surface area contributed by atoms with Crippen LogP contribution in [0.1, 0.15) is 10.6 Å². The van der Waals surface area contributed by atoms with Crippen LogP contribution in [0.25, 0.3) is 11.3 Å². The van der Waals surface area contributed by atoms with Gasteiger partial charge in [0.05, 0.1) is 22.7 Å². The fraction of sp³-hybridized carbons (Fsp3) is 0.0526. The van der Waals surface area contributed by atoms with Gasteiger partial charge in [0.1, 0.15) is 11.5 Å². The second kappa shape index (κ2) is 9.12. The Morgan fingerprint density at radius 2 is 1.93 bits per heavy atom.